The van der Waals surface area contributed by atoms with Gasteiger partial charge in [0.15, 0.2) is 0 Å². The minimum atomic E-state index is -0.760. The van der Waals surface area contributed by atoms with E-state index >= 15 is 0 Å². The first kappa shape index (κ1) is 8.11. The van der Waals surface area contributed by atoms with Crippen molar-refractivity contribution in [3.63, 3.8) is 0 Å². The van der Waals surface area contributed by atoms with E-state index in [2.05, 4.69) is 4.74 Å². The summed E-state index contributed by atoms with van der Waals surface area (Å²) >= 11 is 0. The van der Waals surface area contributed by atoms with Crippen molar-refractivity contribution in [2.24, 2.45) is 0 Å². The lowest BCUT2D eigenvalue weighted by atomic mass is 9.98. The Morgan fingerprint density at radius 1 is 1.73 bits per heavy atom. The Balaban J connectivity index is 2.66. The second kappa shape index (κ2) is 2.95. The van der Waals surface area contributed by atoms with E-state index in [0.717, 1.165) is 6.42 Å². The molecule has 0 aromatic carbocycles. The van der Waals surface area contributed by atoms with Crippen molar-refractivity contribution >= 4 is 5.97 Å². The van der Waals surface area contributed by atoms with Gasteiger partial charge in [0, 0.05) is 6.42 Å². The Bertz CT molecular complexity index is 186. The molecule has 0 radical (unpaired) electrons. The van der Waals surface area contributed by atoms with Gasteiger partial charge < -0.3 is 9.47 Å². The zero-order valence-corrected chi connectivity index (χ0v) is 6.79. The lowest BCUT2D eigenvalue weighted by Gasteiger charge is -2.27. The summed E-state index contributed by atoms with van der Waals surface area (Å²) in [6.45, 7) is 1.74. The fourth-order valence-electron chi connectivity index (χ4n) is 1.05. The third kappa shape index (κ3) is 1.53. The minimum Gasteiger partial charge on any atom is -0.484 e. The van der Waals surface area contributed by atoms with Gasteiger partial charge in [0.25, 0.3) is 0 Å². The molecule has 0 N–H and O–H groups in total. The molecular formula is C8H12O3. The topological polar surface area (TPSA) is 35.5 Å². The van der Waals surface area contributed by atoms with Crippen molar-refractivity contribution in [3.05, 3.63) is 12.3 Å². The maximum atomic E-state index is 11.1. The summed E-state index contributed by atoms with van der Waals surface area (Å²) in [5, 5.41) is 0. The first-order chi connectivity index (χ1) is 5.19. The van der Waals surface area contributed by atoms with Crippen molar-refractivity contribution in [3.8, 4) is 0 Å². The molecule has 0 aliphatic carbocycles. The van der Waals surface area contributed by atoms with Crippen LogP contribution in [0.15, 0.2) is 12.3 Å². The molecule has 1 atom stereocenters. The Morgan fingerprint density at radius 2 is 2.45 bits per heavy atom. The molecule has 0 spiro atoms. The molecule has 1 aliphatic heterocycles. The molecule has 0 unspecified atom stereocenters. The molecule has 3 heteroatoms. The lowest BCUT2D eigenvalue weighted by Crippen LogP contribution is -2.39. The SMILES string of the molecule is COC(=O)[C@@]1(C)CCC=CO1. The molecule has 1 rings (SSSR count). The Morgan fingerprint density at radius 3 is 2.91 bits per heavy atom. The molecule has 0 fully saturated rings. The standard InChI is InChI=1S/C8H12O3/c1-8(7(9)10-2)5-3-4-6-11-8/h4,6H,3,5H2,1-2H3/t8-/m1/s1. The molecule has 1 heterocycles. The number of carbonyl (C=O) groups excluding carboxylic acids is 1. The van der Waals surface area contributed by atoms with Crippen LogP contribution >= 0.6 is 0 Å². The molecular weight excluding hydrogens is 144 g/mol. The summed E-state index contributed by atoms with van der Waals surface area (Å²) in [5.74, 6) is -0.304. The lowest BCUT2D eigenvalue weighted by molar-refractivity contribution is -0.162. The summed E-state index contributed by atoms with van der Waals surface area (Å²) < 4.78 is 9.76. The van der Waals surface area contributed by atoms with Gasteiger partial charge in [-0.15, -0.1) is 0 Å². The van der Waals surface area contributed by atoms with Gasteiger partial charge in [0.2, 0.25) is 5.60 Å². The van der Waals surface area contributed by atoms with Gasteiger partial charge in [-0.1, -0.05) is 0 Å². The zero-order chi connectivity index (χ0) is 8.32. The molecule has 3 nitrogen and oxygen atoms in total. The number of allylic oxidation sites excluding steroid dienone is 1. The monoisotopic (exact) mass is 156 g/mol. The maximum Gasteiger partial charge on any atom is 0.349 e. The van der Waals surface area contributed by atoms with E-state index in [1.165, 1.54) is 7.11 Å². The van der Waals surface area contributed by atoms with Gasteiger partial charge in [-0.2, -0.15) is 0 Å². The van der Waals surface area contributed by atoms with Gasteiger partial charge in [-0.25, -0.2) is 4.79 Å². The molecule has 62 valence electrons. The number of esters is 1. The van der Waals surface area contributed by atoms with E-state index in [1.807, 2.05) is 6.08 Å². The van der Waals surface area contributed by atoms with Crippen LogP contribution in [0.5, 0.6) is 0 Å². The number of rotatable bonds is 1. The van der Waals surface area contributed by atoms with Crippen LogP contribution in [-0.4, -0.2) is 18.7 Å². The molecule has 0 aromatic rings. The zero-order valence-electron chi connectivity index (χ0n) is 6.79. The van der Waals surface area contributed by atoms with E-state index in [9.17, 15) is 4.79 Å². The van der Waals surface area contributed by atoms with Crippen molar-refractivity contribution in [1.29, 1.82) is 0 Å². The van der Waals surface area contributed by atoms with Crippen molar-refractivity contribution in [2.45, 2.75) is 25.4 Å². The highest BCUT2D eigenvalue weighted by Crippen LogP contribution is 2.23. The largest absolute Gasteiger partial charge is 0.484 e. The smallest absolute Gasteiger partial charge is 0.349 e. The average Bonchev–Trinajstić information content (AvgIpc) is 2.04. The predicted octanol–water partition coefficient (Wildman–Crippen LogP) is 1.24. The first-order valence-electron chi connectivity index (χ1n) is 3.60. The van der Waals surface area contributed by atoms with E-state index in [0.29, 0.717) is 6.42 Å². The van der Waals surface area contributed by atoms with Crippen LogP contribution < -0.4 is 0 Å². The van der Waals surface area contributed by atoms with Crippen LogP contribution in [0.3, 0.4) is 0 Å². The van der Waals surface area contributed by atoms with E-state index < -0.39 is 5.60 Å². The van der Waals surface area contributed by atoms with Crippen LogP contribution in [0.25, 0.3) is 0 Å². The van der Waals surface area contributed by atoms with E-state index in [-0.39, 0.29) is 5.97 Å². The average molecular weight is 156 g/mol. The normalized spacial score (nSPS) is 29.3. The highest BCUT2D eigenvalue weighted by Gasteiger charge is 2.36. The summed E-state index contributed by atoms with van der Waals surface area (Å²) in [7, 11) is 1.37. The molecule has 1 aliphatic rings. The highest BCUT2D eigenvalue weighted by atomic mass is 16.6. The molecule has 0 saturated carbocycles. The third-order valence-electron chi connectivity index (χ3n) is 1.83. The summed E-state index contributed by atoms with van der Waals surface area (Å²) in [4.78, 5) is 11.1. The number of carbonyl (C=O) groups is 1. The fraction of sp³-hybridized carbons (Fsp3) is 0.625. The van der Waals surface area contributed by atoms with Crippen molar-refractivity contribution in [2.75, 3.05) is 7.11 Å². The molecule has 0 aromatic heterocycles. The van der Waals surface area contributed by atoms with Gasteiger partial charge in [-0.3, -0.25) is 0 Å². The predicted molar refractivity (Wildman–Crippen MR) is 39.9 cm³/mol. The number of hydrogen-bond donors (Lipinski definition) is 0. The molecule has 11 heavy (non-hydrogen) atoms. The summed E-state index contributed by atoms with van der Waals surface area (Å²) in [5.41, 5.74) is -0.760. The number of hydrogen-bond acceptors (Lipinski definition) is 3. The summed E-state index contributed by atoms with van der Waals surface area (Å²) in [6, 6.07) is 0. The Kier molecular flexibility index (Phi) is 2.17. The van der Waals surface area contributed by atoms with Crippen molar-refractivity contribution in [1.82, 2.24) is 0 Å². The molecule has 0 amide bonds. The fourth-order valence-corrected chi connectivity index (χ4v) is 1.05. The number of ether oxygens (including phenoxy) is 2. The van der Waals surface area contributed by atoms with Crippen LogP contribution in [0.1, 0.15) is 19.8 Å². The highest BCUT2D eigenvalue weighted by molar-refractivity contribution is 5.79. The third-order valence-corrected chi connectivity index (χ3v) is 1.83. The van der Waals surface area contributed by atoms with Crippen LogP contribution in [0.4, 0.5) is 0 Å². The van der Waals surface area contributed by atoms with Crippen molar-refractivity contribution < 1.29 is 14.3 Å². The van der Waals surface area contributed by atoms with Crippen LogP contribution in [0, 0.1) is 0 Å². The number of methoxy groups -OCH3 is 1. The van der Waals surface area contributed by atoms with E-state index in [4.69, 9.17) is 4.74 Å². The first-order valence-corrected chi connectivity index (χ1v) is 3.60. The maximum absolute atomic E-state index is 11.1. The Hall–Kier alpha value is -0.990. The van der Waals surface area contributed by atoms with E-state index in [1.54, 1.807) is 13.2 Å². The quantitative estimate of drug-likeness (QED) is 0.536. The van der Waals surface area contributed by atoms with Gasteiger partial charge in [-0.05, 0) is 19.4 Å². The molecule has 0 bridgehead atoms. The van der Waals surface area contributed by atoms with Gasteiger partial charge in [0.1, 0.15) is 0 Å². The second-order valence-corrected chi connectivity index (χ2v) is 2.75. The van der Waals surface area contributed by atoms with Gasteiger partial charge >= 0.3 is 5.97 Å². The molecule has 0 saturated heterocycles. The van der Waals surface area contributed by atoms with Crippen LogP contribution in [0.2, 0.25) is 0 Å². The summed E-state index contributed by atoms with van der Waals surface area (Å²) in [6.07, 6.45) is 5.01. The van der Waals surface area contributed by atoms with Crippen LogP contribution in [-0.2, 0) is 14.3 Å². The minimum absolute atomic E-state index is 0.304. The second-order valence-electron chi connectivity index (χ2n) is 2.75. The van der Waals surface area contributed by atoms with Gasteiger partial charge in [0.05, 0.1) is 13.4 Å². The Labute approximate surface area is 66.0 Å².